The smallest absolute Gasteiger partial charge is 0.0702 e. The predicted octanol–water partition coefficient (Wildman–Crippen LogP) is 2.84. The second-order valence-corrected chi connectivity index (χ2v) is 5.80. The summed E-state index contributed by atoms with van der Waals surface area (Å²) in [5.74, 6) is 0. The van der Waals surface area contributed by atoms with Crippen molar-refractivity contribution in [1.29, 1.82) is 0 Å². The molecule has 1 aliphatic rings. The van der Waals surface area contributed by atoms with Gasteiger partial charge < -0.3 is 15.4 Å². The fourth-order valence-electron chi connectivity index (χ4n) is 2.68. The van der Waals surface area contributed by atoms with E-state index in [1.54, 1.807) is 0 Å². The van der Waals surface area contributed by atoms with Crippen LogP contribution in [0.1, 0.15) is 31.4 Å². The molecule has 0 radical (unpaired) electrons. The van der Waals surface area contributed by atoms with Crippen LogP contribution in [0.25, 0.3) is 0 Å². The van der Waals surface area contributed by atoms with Crippen LogP contribution in [0, 0.1) is 0 Å². The van der Waals surface area contributed by atoms with E-state index < -0.39 is 0 Å². The van der Waals surface area contributed by atoms with Crippen molar-refractivity contribution in [3.8, 4) is 0 Å². The number of nitrogens with zero attached hydrogens (tertiary/aromatic N) is 1. The van der Waals surface area contributed by atoms with Gasteiger partial charge in [0.15, 0.2) is 0 Å². The highest BCUT2D eigenvalue weighted by atomic mass is 35.5. The Morgan fingerprint density at radius 2 is 2.11 bits per heavy atom. The third kappa shape index (κ3) is 3.93. The van der Waals surface area contributed by atoms with Crippen molar-refractivity contribution < 1.29 is 4.74 Å². The quantitative estimate of drug-likeness (QED) is 0.902. The lowest BCUT2D eigenvalue weighted by Gasteiger charge is -2.27. The molecule has 1 aromatic carbocycles. The van der Waals surface area contributed by atoms with Crippen LogP contribution in [0.5, 0.6) is 0 Å². The largest absolute Gasteiger partial charge is 0.377 e. The van der Waals surface area contributed by atoms with E-state index in [1.165, 1.54) is 0 Å². The van der Waals surface area contributed by atoms with Crippen LogP contribution >= 0.6 is 11.6 Å². The van der Waals surface area contributed by atoms with Gasteiger partial charge in [-0.2, -0.15) is 0 Å². The molecule has 3 unspecified atom stereocenters. The first-order valence-electron chi connectivity index (χ1n) is 6.91. The number of rotatable bonds is 5. The average Bonchev–Trinajstić information content (AvgIpc) is 2.83. The molecule has 19 heavy (non-hydrogen) atoms. The summed E-state index contributed by atoms with van der Waals surface area (Å²) in [6, 6.07) is 8.40. The lowest BCUT2D eigenvalue weighted by molar-refractivity contribution is 0.0827. The van der Waals surface area contributed by atoms with E-state index in [-0.39, 0.29) is 6.04 Å². The van der Waals surface area contributed by atoms with E-state index in [2.05, 4.69) is 18.9 Å². The van der Waals surface area contributed by atoms with Gasteiger partial charge in [-0.1, -0.05) is 23.7 Å². The van der Waals surface area contributed by atoms with Crippen LogP contribution in [0.3, 0.4) is 0 Å². The standard InChI is InChI=1S/C15H23ClN2O/c1-11-15(8-10-19-11)18(2)9-7-14(17)12-3-5-13(16)6-4-12/h3-6,11,14-15H,7-10,17H2,1-2H3. The Hall–Kier alpha value is -0.610. The molecule has 1 aliphatic heterocycles. The zero-order valence-corrected chi connectivity index (χ0v) is 12.4. The third-order valence-electron chi connectivity index (χ3n) is 3.99. The van der Waals surface area contributed by atoms with E-state index in [4.69, 9.17) is 22.1 Å². The van der Waals surface area contributed by atoms with Crippen molar-refractivity contribution >= 4 is 11.6 Å². The zero-order chi connectivity index (χ0) is 13.8. The lowest BCUT2D eigenvalue weighted by Crippen LogP contribution is -2.38. The number of hydrogen-bond acceptors (Lipinski definition) is 3. The zero-order valence-electron chi connectivity index (χ0n) is 11.7. The summed E-state index contributed by atoms with van der Waals surface area (Å²) in [4.78, 5) is 2.37. The molecule has 2 N–H and O–H groups in total. The van der Waals surface area contributed by atoms with Gasteiger partial charge in [-0.25, -0.2) is 0 Å². The van der Waals surface area contributed by atoms with E-state index in [0.29, 0.717) is 12.1 Å². The van der Waals surface area contributed by atoms with Gasteiger partial charge in [-0.05, 0) is 44.5 Å². The Morgan fingerprint density at radius 3 is 2.68 bits per heavy atom. The molecular weight excluding hydrogens is 260 g/mol. The van der Waals surface area contributed by atoms with Crippen LogP contribution in [-0.4, -0.2) is 37.2 Å². The number of halogens is 1. The summed E-state index contributed by atoms with van der Waals surface area (Å²) in [5.41, 5.74) is 7.37. The Morgan fingerprint density at radius 1 is 1.42 bits per heavy atom. The average molecular weight is 283 g/mol. The van der Waals surface area contributed by atoms with Crippen molar-refractivity contribution in [2.24, 2.45) is 5.73 Å². The van der Waals surface area contributed by atoms with Crippen molar-refractivity contribution in [3.05, 3.63) is 34.9 Å². The molecule has 3 atom stereocenters. The molecule has 0 saturated carbocycles. The molecule has 1 heterocycles. The second-order valence-electron chi connectivity index (χ2n) is 5.36. The number of nitrogens with two attached hydrogens (primary N) is 1. The van der Waals surface area contributed by atoms with Gasteiger partial charge >= 0.3 is 0 Å². The topological polar surface area (TPSA) is 38.5 Å². The van der Waals surface area contributed by atoms with E-state index >= 15 is 0 Å². The number of ether oxygens (including phenoxy) is 1. The highest BCUT2D eigenvalue weighted by Gasteiger charge is 2.27. The molecule has 106 valence electrons. The highest BCUT2D eigenvalue weighted by Crippen LogP contribution is 2.21. The Kier molecular flexibility index (Phi) is 5.22. The maximum absolute atomic E-state index is 6.23. The summed E-state index contributed by atoms with van der Waals surface area (Å²) in [6.07, 6.45) is 2.40. The molecule has 1 saturated heterocycles. The molecule has 0 aliphatic carbocycles. The van der Waals surface area contributed by atoms with Crippen LogP contribution in [0.15, 0.2) is 24.3 Å². The van der Waals surface area contributed by atoms with Gasteiger partial charge in [-0.3, -0.25) is 0 Å². The molecular formula is C15H23ClN2O. The highest BCUT2D eigenvalue weighted by molar-refractivity contribution is 6.30. The van der Waals surface area contributed by atoms with Crippen LogP contribution in [0.2, 0.25) is 5.02 Å². The monoisotopic (exact) mass is 282 g/mol. The van der Waals surface area contributed by atoms with E-state index in [0.717, 1.165) is 36.6 Å². The third-order valence-corrected chi connectivity index (χ3v) is 4.25. The minimum atomic E-state index is 0.0670. The molecule has 0 aromatic heterocycles. The Labute approximate surface area is 120 Å². The molecule has 2 rings (SSSR count). The summed E-state index contributed by atoms with van der Waals surface area (Å²) in [5, 5.41) is 0.755. The fraction of sp³-hybridized carbons (Fsp3) is 0.600. The first-order valence-corrected chi connectivity index (χ1v) is 7.28. The van der Waals surface area contributed by atoms with E-state index in [9.17, 15) is 0 Å². The fourth-order valence-corrected chi connectivity index (χ4v) is 2.81. The molecule has 4 heteroatoms. The van der Waals surface area contributed by atoms with E-state index in [1.807, 2.05) is 24.3 Å². The number of hydrogen-bond donors (Lipinski definition) is 1. The first kappa shape index (κ1) is 14.8. The summed E-state index contributed by atoms with van der Waals surface area (Å²) in [7, 11) is 2.16. The van der Waals surface area contributed by atoms with Crippen molar-refractivity contribution in [2.45, 2.75) is 38.0 Å². The van der Waals surface area contributed by atoms with Gasteiger partial charge in [0, 0.05) is 30.3 Å². The normalized spacial score (nSPS) is 24.9. The van der Waals surface area contributed by atoms with Gasteiger partial charge in [0.05, 0.1) is 6.10 Å². The van der Waals surface area contributed by atoms with Crippen molar-refractivity contribution in [1.82, 2.24) is 4.90 Å². The first-order chi connectivity index (χ1) is 9.08. The maximum Gasteiger partial charge on any atom is 0.0702 e. The molecule has 3 nitrogen and oxygen atoms in total. The minimum Gasteiger partial charge on any atom is -0.377 e. The summed E-state index contributed by atoms with van der Waals surface area (Å²) >= 11 is 5.88. The number of benzene rings is 1. The Bertz CT molecular complexity index is 396. The lowest BCUT2D eigenvalue weighted by atomic mass is 10.0. The summed E-state index contributed by atoms with van der Waals surface area (Å²) < 4.78 is 5.60. The van der Waals surface area contributed by atoms with Crippen LogP contribution < -0.4 is 5.73 Å². The van der Waals surface area contributed by atoms with Crippen LogP contribution in [-0.2, 0) is 4.74 Å². The molecule has 0 bridgehead atoms. The minimum absolute atomic E-state index is 0.0670. The van der Waals surface area contributed by atoms with Gasteiger partial charge in [0.2, 0.25) is 0 Å². The molecule has 1 fully saturated rings. The SMILES string of the molecule is CC1OCCC1N(C)CCC(N)c1ccc(Cl)cc1. The van der Waals surface area contributed by atoms with Crippen LogP contribution in [0.4, 0.5) is 0 Å². The van der Waals surface area contributed by atoms with Gasteiger partial charge in [0.25, 0.3) is 0 Å². The predicted molar refractivity (Wildman–Crippen MR) is 79.4 cm³/mol. The maximum atomic E-state index is 6.23. The second kappa shape index (κ2) is 6.71. The molecule has 0 amide bonds. The Balaban J connectivity index is 1.82. The molecule has 0 spiro atoms. The summed E-state index contributed by atoms with van der Waals surface area (Å²) in [6.45, 7) is 4.01. The molecule has 1 aromatic rings. The van der Waals surface area contributed by atoms with Gasteiger partial charge in [-0.15, -0.1) is 0 Å². The van der Waals surface area contributed by atoms with Gasteiger partial charge in [0.1, 0.15) is 0 Å². The van der Waals surface area contributed by atoms with Crippen molar-refractivity contribution in [3.63, 3.8) is 0 Å². The number of likely N-dealkylation sites (N-methyl/N-ethyl adjacent to an activating group) is 1. The van der Waals surface area contributed by atoms with Crippen molar-refractivity contribution in [2.75, 3.05) is 20.2 Å².